The molecule has 1 heterocycles. The van der Waals surface area contributed by atoms with Gasteiger partial charge in [0.05, 0.1) is 6.21 Å². The number of carbonyl (C=O) groups is 1. The SMILES string of the molecule is Cc1cc(/C=N\NC(=O)c2ccc(F)cc2)c(C)n1-c1cccc(Cl)c1. The van der Waals surface area contributed by atoms with E-state index in [1.807, 2.05) is 44.2 Å². The number of benzene rings is 2. The number of nitrogens with zero attached hydrogens (tertiary/aromatic N) is 2. The van der Waals surface area contributed by atoms with Crippen molar-refractivity contribution in [2.24, 2.45) is 5.10 Å². The van der Waals surface area contributed by atoms with Gasteiger partial charge in [0.2, 0.25) is 0 Å². The molecule has 0 atom stereocenters. The topological polar surface area (TPSA) is 46.4 Å². The van der Waals surface area contributed by atoms with Crippen LogP contribution in [0.25, 0.3) is 5.69 Å². The Morgan fingerprint density at radius 3 is 2.58 bits per heavy atom. The van der Waals surface area contributed by atoms with E-state index in [1.165, 1.54) is 24.3 Å². The van der Waals surface area contributed by atoms with E-state index in [9.17, 15) is 9.18 Å². The van der Waals surface area contributed by atoms with E-state index in [4.69, 9.17) is 11.6 Å². The van der Waals surface area contributed by atoms with Crippen LogP contribution in [-0.4, -0.2) is 16.7 Å². The fourth-order valence-corrected chi connectivity index (χ4v) is 2.94. The first-order valence-electron chi connectivity index (χ1n) is 7.99. The number of rotatable bonds is 4. The van der Waals surface area contributed by atoms with Crippen LogP contribution < -0.4 is 5.43 Å². The Labute approximate surface area is 155 Å². The fraction of sp³-hybridized carbons (Fsp3) is 0.100. The maximum Gasteiger partial charge on any atom is 0.271 e. The Morgan fingerprint density at radius 1 is 1.15 bits per heavy atom. The number of amides is 1. The van der Waals surface area contributed by atoms with Crippen molar-refractivity contribution in [2.75, 3.05) is 0 Å². The highest BCUT2D eigenvalue weighted by Gasteiger charge is 2.10. The molecule has 0 bridgehead atoms. The zero-order chi connectivity index (χ0) is 18.7. The molecular weight excluding hydrogens is 353 g/mol. The van der Waals surface area contributed by atoms with Crippen LogP contribution in [0, 0.1) is 19.7 Å². The van der Waals surface area contributed by atoms with Gasteiger partial charge in [-0.15, -0.1) is 0 Å². The average Bonchev–Trinajstić information content (AvgIpc) is 2.89. The number of hydrogen-bond acceptors (Lipinski definition) is 2. The first-order valence-corrected chi connectivity index (χ1v) is 8.37. The lowest BCUT2D eigenvalue weighted by Crippen LogP contribution is -2.17. The predicted octanol–water partition coefficient (Wildman–Crippen LogP) is 4.65. The minimum Gasteiger partial charge on any atom is -0.318 e. The third kappa shape index (κ3) is 3.83. The van der Waals surface area contributed by atoms with Crippen LogP contribution in [0.5, 0.6) is 0 Å². The maximum absolute atomic E-state index is 12.9. The molecule has 2 aromatic carbocycles. The summed E-state index contributed by atoms with van der Waals surface area (Å²) in [6.07, 6.45) is 1.59. The molecule has 4 nitrogen and oxygen atoms in total. The molecule has 0 spiro atoms. The number of hydrogen-bond donors (Lipinski definition) is 1. The number of nitrogens with one attached hydrogen (secondary N) is 1. The molecule has 26 heavy (non-hydrogen) atoms. The van der Waals surface area contributed by atoms with Crippen LogP contribution in [0.1, 0.15) is 27.3 Å². The summed E-state index contributed by atoms with van der Waals surface area (Å²) < 4.78 is 15.0. The quantitative estimate of drug-likeness (QED) is 0.528. The highest BCUT2D eigenvalue weighted by Crippen LogP contribution is 2.22. The Balaban J connectivity index is 1.78. The van der Waals surface area contributed by atoms with Crippen LogP contribution in [0.2, 0.25) is 5.02 Å². The molecule has 0 aliphatic carbocycles. The minimum absolute atomic E-state index is 0.341. The minimum atomic E-state index is -0.398. The number of halogens is 2. The molecule has 0 radical (unpaired) electrons. The van der Waals surface area contributed by atoms with Crippen LogP contribution in [0.3, 0.4) is 0 Å². The van der Waals surface area contributed by atoms with Gasteiger partial charge in [0.25, 0.3) is 5.91 Å². The van der Waals surface area contributed by atoms with Gasteiger partial charge in [-0.1, -0.05) is 17.7 Å². The van der Waals surface area contributed by atoms with E-state index >= 15 is 0 Å². The van der Waals surface area contributed by atoms with Gasteiger partial charge in [-0.25, -0.2) is 9.82 Å². The summed E-state index contributed by atoms with van der Waals surface area (Å²) in [5.74, 6) is -0.789. The van der Waals surface area contributed by atoms with E-state index in [0.29, 0.717) is 10.6 Å². The Kier molecular flexibility index (Phi) is 5.19. The van der Waals surface area contributed by atoms with E-state index in [-0.39, 0.29) is 0 Å². The summed E-state index contributed by atoms with van der Waals surface area (Å²) in [5, 5.41) is 4.67. The summed E-state index contributed by atoms with van der Waals surface area (Å²) >= 11 is 6.08. The second kappa shape index (κ2) is 7.54. The van der Waals surface area contributed by atoms with Gasteiger partial charge in [0.15, 0.2) is 0 Å². The van der Waals surface area contributed by atoms with Crippen molar-refractivity contribution in [2.45, 2.75) is 13.8 Å². The molecule has 0 saturated heterocycles. The lowest BCUT2D eigenvalue weighted by atomic mass is 10.2. The summed E-state index contributed by atoms with van der Waals surface area (Å²) in [6.45, 7) is 3.96. The van der Waals surface area contributed by atoms with Crippen LogP contribution in [0.4, 0.5) is 4.39 Å². The van der Waals surface area contributed by atoms with Crippen molar-refractivity contribution >= 4 is 23.7 Å². The van der Waals surface area contributed by atoms with Crippen LogP contribution >= 0.6 is 11.6 Å². The van der Waals surface area contributed by atoms with Crippen molar-refractivity contribution in [3.63, 3.8) is 0 Å². The second-order valence-electron chi connectivity index (χ2n) is 5.85. The van der Waals surface area contributed by atoms with E-state index in [1.54, 1.807) is 6.21 Å². The van der Waals surface area contributed by atoms with Crippen molar-refractivity contribution in [1.82, 2.24) is 9.99 Å². The van der Waals surface area contributed by atoms with Gasteiger partial charge in [0, 0.05) is 33.2 Å². The summed E-state index contributed by atoms with van der Waals surface area (Å²) in [4.78, 5) is 12.0. The molecule has 132 valence electrons. The average molecular weight is 370 g/mol. The van der Waals surface area contributed by atoms with Gasteiger partial charge < -0.3 is 4.57 Å². The van der Waals surface area contributed by atoms with Gasteiger partial charge in [0.1, 0.15) is 5.82 Å². The molecule has 3 rings (SSSR count). The molecule has 6 heteroatoms. The lowest BCUT2D eigenvalue weighted by molar-refractivity contribution is 0.0955. The Hall–Kier alpha value is -2.92. The van der Waals surface area contributed by atoms with Crippen molar-refractivity contribution in [1.29, 1.82) is 0 Å². The molecule has 0 unspecified atom stereocenters. The van der Waals surface area contributed by atoms with Crippen LogP contribution in [0.15, 0.2) is 59.7 Å². The molecule has 0 aliphatic rings. The standard InChI is InChI=1S/C20H17ClFN3O/c1-13-10-16(14(2)25(13)19-5-3-4-17(21)11-19)12-23-24-20(26)15-6-8-18(22)9-7-15/h3-12H,1-2H3,(H,24,26)/b23-12-. The van der Waals surface area contributed by atoms with Crippen molar-refractivity contribution < 1.29 is 9.18 Å². The van der Waals surface area contributed by atoms with Gasteiger partial charge in [-0.2, -0.15) is 5.10 Å². The smallest absolute Gasteiger partial charge is 0.271 e. The first-order chi connectivity index (χ1) is 12.5. The van der Waals surface area contributed by atoms with Crippen LogP contribution in [-0.2, 0) is 0 Å². The molecule has 1 amide bonds. The molecule has 0 fully saturated rings. The van der Waals surface area contributed by atoms with Gasteiger partial charge >= 0.3 is 0 Å². The highest BCUT2D eigenvalue weighted by atomic mass is 35.5. The summed E-state index contributed by atoms with van der Waals surface area (Å²) in [7, 11) is 0. The highest BCUT2D eigenvalue weighted by molar-refractivity contribution is 6.30. The zero-order valence-electron chi connectivity index (χ0n) is 14.3. The molecule has 0 saturated carbocycles. The van der Waals surface area contributed by atoms with Crippen molar-refractivity contribution in [3.8, 4) is 5.69 Å². The Morgan fingerprint density at radius 2 is 1.88 bits per heavy atom. The van der Waals surface area contributed by atoms with Gasteiger partial charge in [-0.05, 0) is 62.4 Å². The fourth-order valence-electron chi connectivity index (χ4n) is 2.76. The molecule has 1 aromatic heterocycles. The van der Waals surface area contributed by atoms with E-state index in [2.05, 4.69) is 15.1 Å². The number of aryl methyl sites for hydroxylation is 1. The summed E-state index contributed by atoms with van der Waals surface area (Å²) in [5.41, 5.74) is 6.63. The van der Waals surface area contributed by atoms with Crippen molar-refractivity contribution in [3.05, 3.63) is 88.0 Å². The number of hydrazone groups is 1. The molecule has 1 N–H and O–H groups in total. The predicted molar refractivity (Wildman–Crippen MR) is 102 cm³/mol. The largest absolute Gasteiger partial charge is 0.318 e. The normalized spacial score (nSPS) is 11.1. The monoisotopic (exact) mass is 369 g/mol. The van der Waals surface area contributed by atoms with E-state index < -0.39 is 11.7 Å². The summed E-state index contributed by atoms with van der Waals surface area (Å²) in [6, 6.07) is 14.8. The maximum atomic E-state index is 12.9. The lowest BCUT2D eigenvalue weighted by Gasteiger charge is -2.09. The number of carbonyl (C=O) groups excluding carboxylic acids is 1. The first kappa shape index (κ1) is 17.9. The molecule has 3 aromatic rings. The number of aromatic nitrogens is 1. The third-order valence-corrected chi connectivity index (χ3v) is 4.25. The molecular formula is C20H17ClFN3O. The Bertz CT molecular complexity index is 977. The second-order valence-corrected chi connectivity index (χ2v) is 6.28. The van der Waals surface area contributed by atoms with E-state index in [0.717, 1.165) is 22.6 Å². The van der Waals surface area contributed by atoms with Gasteiger partial charge in [-0.3, -0.25) is 4.79 Å². The zero-order valence-corrected chi connectivity index (χ0v) is 15.1. The third-order valence-electron chi connectivity index (χ3n) is 4.01. The molecule has 0 aliphatic heterocycles.